The Hall–Kier alpha value is -1.12. The van der Waals surface area contributed by atoms with Gasteiger partial charge in [-0.1, -0.05) is 0 Å². The Balaban J connectivity index is 2.88. The van der Waals surface area contributed by atoms with Gasteiger partial charge in [0, 0.05) is 12.0 Å². The zero-order chi connectivity index (χ0) is 14.7. The van der Waals surface area contributed by atoms with E-state index in [1.165, 1.54) is 0 Å². The Morgan fingerprint density at radius 3 is 2.16 bits per heavy atom. The molecule has 1 atom stereocenters. The number of carbonyl (C=O) groups excluding carboxylic acids is 1. The molecule has 1 aromatic carbocycles. The van der Waals surface area contributed by atoms with Gasteiger partial charge in [-0.2, -0.15) is 0 Å². The third-order valence-electron chi connectivity index (χ3n) is 2.35. The molecule has 5 heteroatoms. The molecule has 1 rings (SSSR count). The Morgan fingerprint density at radius 2 is 1.74 bits per heavy atom. The first kappa shape index (κ1) is 15.9. The first-order chi connectivity index (χ1) is 8.65. The number of benzene rings is 1. The predicted molar refractivity (Wildman–Crippen MR) is 76.4 cm³/mol. The van der Waals surface area contributed by atoms with Crippen molar-refractivity contribution in [2.75, 3.05) is 13.3 Å². The maximum atomic E-state index is 12.2. The van der Waals surface area contributed by atoms with Crippen molar-refractivity contribution in [1.82, 2.24) is 0 Å². The van der Waals surface area contributed by atoms with Gasteiger partial charge in [0.15, 0.2) is 0 Å². The second-order valence-corrected chi connectivity index (χ2v) is 7.78. The first-order valence-electron chi connectivity index (χ1n) is 6.22. The topological polar surface area (TPSA) is 52.6 Å². The predicted octanol–water partition coefficient (Wildman–Crippen LogP) is 3.21. The summed E-state index contributed by atoms with van der Waals surface area (Å²) in [6.07, 6.45) is 0. The lowest BCUT2D eigenvalue weighted by Crippen LogP contribution is -2.24. The van der Waals surface area contributed by atoms with Crippen LogP contribution in [0.25, 0.3) is 0 Å². The molecule has 0 N–H and O–H groups in total. The van der Waals surface area contributed by atoms with Crippen LogP contribution in [0.4, 0.5) is 0 Å². The van der Waals surface area contributed by atoms with Crippen molar-refractivity contribution < 1.29 is 18.6 Å². The molecule has 0 aliphatic carbocycles. The monoisotopic (exact) mass is 284 g/mol. The third kappa shape index (κ3) is 4.81. The van der Waals surface area contributed by atoms with E-state index in [0.717, 1.165) is 0 Å². The molecule has 0 spiro atoms. The summed E-state index contributed by atoms with van der Waals surface area (Å²) >= 11 is 0. The minimum atomic E-state index is -2.79. The average molecular weight is 284 g/mol. The van der Waals surface area contributed by atoms with Gasteiger partial charge >= 0.3 is 5.97 Å². The van der Waals surface area contributed by atoms with Crippen LogP contribution in [0.3, 0.4) is 0 Å². The average Bonchev–Trinajstić information content (AvgIpc) is 2.27. The number of hydrogen-bond donors (Lipinski definition) is 0. The van der Waals surface area contributed by atoms with Crippen molar-refractivity contribution in [2.24, 2.45) is 0 Å². The summed E-state index contributed by atoms with van der Waals surface area (Å²) in [6, 6.07) is 6.52. The van der Waals surface area contributed by atoms with Crippen LogP contribution in [0.2, 0.25) is 0 Å². The summed E-state index contributed by atoms with van der Waals surface area (Å²) < 4.78 is 22.7. The molecule has 0 amide bonds. The standard InChI is InChI=1S/C14H21O4P/c1-6-17-19(5,16)12-9-7-11(8-10-12)13(15)18-14(2,3)4/h7-10H,6H2,1-5H3. The van der Waals surface area contributed by atoms with Gasteiger partial charge in [0.2, 0.25) is 7.37 Å². The number of esters is 1. The Labute approximate surface area is 114 Å². The van der Waals surface area contributed by atoms with Crippen molar-refractivity contribution in [3.8, 4) is 0 Å². The van der Waals surface area contributed by atoms with Crippen LogP contribution in [0.15, 0.2) is 24.3 Å². The second kappa shape index (κ2) is 5.89. The van der Waals surface area contributed by atoms with Crippen LogP contribution in [-0.2, 0) is 13.8 Å². The fraction of sp³-hybridized carbons (Fsp3) is 0.500. The van der Waals surface area contributed by atoms with Crippen LogP contribution in [0, 0.1) is 0 Å². The number of carbonyl (C=O) groups is 1. The van der Waals surface area contributed by atoms with Gasteiger partial charge in [-0.3, -0.25) is 4.57 Å². The van der Waals surface area contributed by atoms with E-state index in [9.17, 15) is 9.36 Å². The van der Waals surface area contributed by atoms with Gasteiger partial charge in [-0.15, -0.1) is 0 Å². The minimum Gasteiger partial charge on any atom is -0.456 e. The molecule has 0 bridgehead atoms. The molecule has 0 saturated carbocycles. The van der Waals surface area contributed by atoms with Gasteiger partial charge in [-0.25, -0.2) is 4.79 Å². The van der Waals surface area contributed by atoms with E-state index in [2.05, 4.69) is 0 Å². The highest BCUT2D eigenvalue weighted by Gasteiger charge is 2.21. The highest BCUT2D eigenvalue weighted by molar-refractivity contribution is 7.66. The van der Waals surface area contributed by atoms with Crippen molar-refractivity contribution >= 4 is 18.6 Å². The third-order valence-corrected chi connectivity index (χ3v) is 4.33. The molecule has 19 heavy (non-hydrogen) atoms. The van der Waals surface area contributed by atoms with E-state index in [-0.39, 0.29) is 5.97 Å². The van der Waals surface area contributed by atoms with Crippen LogP contribution in [-0.4, -0.2) is 24.8 Å². The summed E-state index contributed by atoms with van der Waals surface area (Å²) in [5.74, 6) is -0.388. The maximum absolute atomic E-state index is 12.2. The Kier molecular flexibility index (Phi) is 4.94. The van der Waals surface area contributed by atoms with Gasteiger partial charge in [0.25, 0.3) is 0 Å². The summed E-state index contributed by atoms with van der Waals surface area (Å²) in [5.41, 5.74) is -0.0867. The molecule has 4 nitrogen and oxygen atoms in total. The summed E-state index contributed by atoms with van der Waals surface area (Å²) in [7, 11) is -2.79. The summed E-state index contributed by atoms with van der Waals surface area (Å²) in [6.45, 7) is 9.20. The van der Waals surface area contributed by atoms with Crippen LogP contribution in [0.5, 0.6) is 0 Å². The lowest BCUT2D eigenvalue weighted by molar-refractivity contribution is 0.00695. The minimum absolute atomic E-state index is 0.388. The largest absolute Gasteiger partial charge is 0.456 e. The van der Waals surface area contributed by atoms with Crippen LogP contribution in [0.1, 0.15) is 38.1 Å². The molecule has 0 radical (unpaired) electrons. The Morgan fingerprint density at radius 1 is 1.21 bits per heavy atom. The summed E-state index contributed by atoms with van der Waals surface area (Å²) in [4.78, 5) is 11.8. The van der Waals surface area contributed by atoms with Crippen LogP contribution >= 0.6 is 7.37 Å². The molecule has 0 saturated heterocycles. The second-order valence-electron chi connectivity index (χ2n) is 5.31. The quantitative estimate of drug-likeness (QED) is 0.629. The molecule has 1 aromatic rings. The van der Waals surface area contributed by atoms with Crippen molar-refractivity contribution in [1.29, 1.82) is 0 Å². The lowest BCUT2D eigenvalue weighted by atomic mass is 10.2. The van der Waals surface area contributed by atoms with E-state index in [1.54, 1.807) is 37.9 Å². The zero-order valence-electron chi connectivity index (χ0n) is 12.1. The maximum Gasteiger partial charge on any atom is 0.338 e. The Bertz CT molecular complexity index is 485. The van der Waals surface area contributed by atoms with Crippen molar-refractivity contribution in [2.45, 2.75) is 33.3 Å². The van der Waals surface area contributed by atoms with E-state index in [0.29, 0.717) is 17.5 Å². The van der Waals surface area contributed by atoms with Crippen LogP contribution < -0.4 is 5.30 Å². The SMILES string of the molecule is CCOP(C)(=O)c1ccc(C(=O)OC(C)(C)C)cc1. The smallest absolute Gasteiger partial charge is 0.338 e. The van der Waals surface area contributed by atoms with Crippen molar-refractivity contribution in [3.05, 3.63) is 29.8 Å². The fourth-order valence-electron chi connectivity index (χ4n) is 1.53. The molecule has 106 valence electrons. The zero-order valence-corrected chi connectivity index (χ0v) is 13.0. The number of rotatable bonds is 4. The molecule has 0 aromatic heterocycles. The highest BCUT2D eigenvalue weighted by atomic mass is 31.2. The van der Waals surface area contributed by atoms with Gasteiger partial charge in [0.1, 0.15) is 5.60 Å². The van der Waals surface area contributed by atoms with E-state index in [1.807, 2.05) is 20.8 Å². The van der Waals surface area contributed by atoms with E-state index in [4.69, 9.17) is 9.26 Å². The molecule has 0 aliphatic heterocycles. The molecule has 0 heterocycles. The fourth-order valence-corrected chi connectivity index (χ4v) is 2.86. The number of hydrogen-bond acceptors (Lipinski definition) is 4. The molecule has 0 aliphatic rings. The normalized spacial score (nSPS) is 14.8. The van der Waals surface area contributed by atoms with Crippen molar-refractivity contribution in [3.63, 3.8) is 0 Å². The molecule has 0 fully saturated rings. The first-order valence-corrected chi connectivity index (χ1v) is 8.29. The molecular weight excluding hydrogens is 263 g/mol. The van der Waals surface area contributed by atoms with Gasteiger partial charge in [0.05, 0.1) is 12.2 Å². The number of ether oxygens (including phenoxy) is 1. The molecule has 1 unspecified atom stereocenters. The van der Waals surface area contributed by atoms with E-state index >= 15 is 0 Å². The highest BCUT2D eigenvalue weighted by Crippen LogP contribution is 2.40. The van der Waals surface area contributed by atoms with E-state index < -0.39 is 13.0 Å². The lowest BCUT2D eigenvalue weighted by Gasteiger charge is -2.19. The van der Waals surface area contributed by atoms with Gasteiger partial charge in [-0.05, 0) is 52.0 Å². The van der Waals surface area contributed by atoms with Gasteiger partial charge < -0.3 is 9.26 Å². The molecular formula is C14H21O4P. The summed E-state index contributed by atoms with van der Waals surface area (Å²) in [5, 5.41) is 0.599.